The van der Waals surface area contributed by atoms with Crippen LogP contribution in [0.25, 0.3) is 0 Å². The first-order valence-electron chi connectivity index (χ1n) is 8.54. The summed E-state index contributed by atoms with van der Waals surface area (Å²) in [6.45, 7) is 2.07. The number of methoxy groups -OCH3 is 1. The Kier molecular flexibility index (Phi) is 7.01. The molecule has 1 atom stereocenters. The molecule has 1 aliphatic carbocycles. The molecule has 1 aromatic carbocycles. The van der Waals surface area contributed by atoms with Crippen molar-refractivity contribution in [2.75, 3.05) is 13.7 Å². The largest absolute Gasteiger partial charge is 0.497 e. The number of rotatable bonds is 8. The normalized spacial score (nSPS) is 16.0. The summed E-state index contributed by atoms with van der Waals surface area (Å²) in [5, 5.41) is 2.80. The Bertz CT molecular complexity index is 711. The number of amides is 1. The minimum absolute atomic E-state index is 0.0975. The zero-order valence-electron chi connectivity index (χ0n) is 14.7. The van der Waals surface area contributed by atoms with Crippen molar-refractivity contribution < 1.29 is 17.9 Å². The second-order valence-electron chi connectivity index (χ2n) is 6.17. The van der Waals surface area contributed by atoms with Crippen molar-refractivity contribution >= 4 is 15.9 Å². The van der Waals surface area contributed by atoms with Crippen LogP contribution in [-0.4, -0.2) is 34.0 Å². The molecule has 0 fully saturated rings. The second-order valence-corrected chi connectivity index (χ2v) is 7.88. The lowest BCUT2D eigenvalue weighted by molar-refractivity contribution is -0.122. The van der Waals surface area contributed by atoms with Crippen LogP contribution in [0.15, 0.2) is 40.8 Å². The van der Waals surface area contributed by atoms with Gasteiger partial charge in [-0.05, 0) is 63.3 Å². The average Bonchev–Trinajstić information content (AvgIpc) is 2.62. The zero-order valence-corrected chi connectivity index (χ0v) is 15.6. The van der Waals surface area contributed by atoms with E-state index in [-0.39, 0.29) is 10.8 Å². The fourth-order valence-electron chi connectivity index (χ4n) is 2.74. The van der Waals surface area contributed by atoms with Gasteiger partial charge >= 0.3 is 0 Å². The van der Waals surface area contributed by atoms with Crippen LogP contribution in [0.4, 0.5) is 0 Å². The highest BCUT2D eigenvalue weighted by Gasteiger charge is 2.21. The van der Waals surface area contributed by atoms with Gasteiger partial charge in [-0.1, -0.05) is 11.6 Å². The molecule has 0 heterocycles. The molecular formula is C18H26N2O4S. The van der Waals surface area contributed by atoms with Crippen LogP contribution in [0.5, 0.6) is 5.75 Å². The summed E-state index contributed by atoms with van der Waals surface area (Å²) in [5.41, 5.74) is 1.37. The molecule has 2 N–H and O–H groups in total. The van der Waals surface area contributed by atoms with E-state index in [1.165, 1.54) is 44.6 Å². The molecule has 0 unspecified atom stereocenters. The lowest BCUT2D eigenvalue weighted by Crippen LogP contribution is -2.45. The van der Waals surface area contributed by atoms with E-state index < -0.39 is 16.1 Å². The van der Waals surface area contributed by atoms with E-state index in [1.54, 1.807) is 12.1 Å². The van der Waals surface area contributed by atoms with Crippen molar-refractivity contribution in [2.45, 2.75) is 50.0 Å². The standard InChI is InChI=1S/C18H26N2O4S/c1-14(18(21)19-13-12-15-6-4-3-5-7-15)20-25(22,23)17-10-8-16(24-2)9-11-17/h6,8-11,14,20H,3-5,7,12-13H2,1-2H3,(H,19,21)/t14-/m1/s1. The van der Waals surface area contributed by atoms with Crippen LogP contribution < -0.4 is 14.8 Å². The first kappa shape index (κ1) is 19.5. The Balaban J connectivity index is 1.85. The monoisotopic (exact) mass is 366 g/mol. The topological polar surface area (TPSA) is 84.5 Å². The Hall–Kier alpha value is -1.86. The van der Waals surface area contributed by atoms with Gasteiger partial charge in [-0.25, -0.2) is 8.42 Å². The summed E-state index contributed by atoms with van der Waals surface area (Å²) in [7, 11) is -2.24. The number of allylic oxidation sites excluding steroid dienone is 1. The second kappa shape index (κ2) is 9.01. The molecule has 6 nitrogen and oxygen atoms in total. The van der Waals surface area contributed by atoms with Gasteiger partial charge in [-0.2, -0.15) is 4.72 Å². The summed E-state index contributed by atoms with van der Waals surface area (Å²) in [4.78, 5) is 12.2. The molecule has 0 spiro atoms. The van der Waals surface area contributed by atoms with Gasteiger partial charge in [0.2, 0.25) is 15.9 Å². The fourth-order valence-corrected chi connectivity index (χ4v) is 3.94. The van der Waals surface area contributed by atoms with E-state index in [9.17, 15) is 13.2 Å². The molecule has 2 rings (SSSR count). The van der Waals surface area contributed by atoms with Gasteiger partial charge in [0.25, 0.3) is 0 Å². The molecule has 0 radical (unpaired) electrons. The van der Waals surface area contributed by atoms with Gasteiger partial charge in [0.05, 0.1) is 18.0 Å². The van der Waals surface area contributed by atoms with Gasteiger partial charge in [0, 0.05) is 6.54 Å². The maximum Gasteiger partial charge on any atom is 0.241 e. The third-order valence-corrected chi connectivity index (χ3v) is 5.78. The summed E-state index contributed by atoms with van der Waals surface area (Å²) in [6.07, 6.45) is 7.71. The molecule has 0 aliphatic heterocycles. The summed E-state index contributed by atoms with van der Waals surface area (Å²) < 4.78 is 32.1. The Morgan fingerprint density at radius 3 is 2.56 bits per heavy atom. The molecule has 0 bridgehead atoms. The highest BCUT2D eigenvalue weighted by atomic mass is 32.2. The van der Waals surface area contributed by atoms with Crippen molar-refractivity contribution in [2.24, 2.45) is 0 Å². The lowest BCUT2D eigenvalue weighted by atomic mass is 9.97. The van der Waals surface area contributed by atoms with Crippen molar-refractivity contribution in [1.82, 2.24) is 10.0 Å². The van der Waals surface area contributed by atoms with E-state index in [0.29, 0.717) is 12.3 Å². The summed E-state index contributed by atoms with van der Waals surface area (Å²) in [5.74, 6) is 0.246. The quantitative estimate of drug-likeness (QED) is 0.692. The first-order chi connectivity index (χ1) is 11.9. The number of sulfonamides is 1. The van der Waals surface area contributed by atoms with Gasteiger partial charge in [0.1, 0.15) is 5.75 Å². The van der Waals surface area contributed by atoms with Gasteiger partial charge < -0.3 is 10.1 Å². The molecule has 0 saturated heterocycles. The average molecular weight is 366 g/mol. The van der Waals surface area contributed by atoms with Crippen molar-refractivity contribution in [3.05, 3.63) is 35.9 Å². The van der Waals surface area contributed by atoms with Crippen molar-refractivity contribution in [3.8, 4) is 5.75 Å². The molecule has 138 valence electrons. The minimum Gasteiger partial charge on any atom is -0.497 e. The fraction of sp³-hybridized carbons (Fsp3) is 0.500. The molecule has 0 saturated carbocycles. The van der Waals surface area contributed by atoms with Gasteiger partial charge in [-0.3, -0.25) is 4.79 Å². The Morgan fingerprint density at radius 1 is 1.24 bits per heavy atom. The van der Waals surface area contributed by atoms with Crippen molar-refractivity contribution in [1.29, 1.82) is 0 Å². The molecule has 7 heteroatoms. The molecule has 1 amide bonds. The van der Waals surface area contributed by atoms with Crippen LogP contribution >= 0.6 is 0 Å². The third-order valence-electron chi connectivity index (χ3n) is 4.23. The predicted octanol–water partition coefficient (Wildman–Crippen LogP) is 2.37. The molecular weight excluding hydrogens is 340 g/mol. The maximum absolute atomic E-state index is 12.3. The van der Waals surface area contributed by atoms with E-state index in [2.05, 4.69) is 16.1 Å². The zero-order chi connectivity index (χ0) is 18.3. The van der Waals surface area contributed by atoms with E-state index in [4.69, 9.17) is 4.74 Å². The lowest BCUT2D eigenvalue weighted by Gasteiger charge is -2.16. The number of carbonyl (C=O) groups excluding carboxylic acids is 1. The van der Waals surface area contributed by atoms with E-state index in [1.807, 2.05) is 0 Å². The van der Waals surface area contributed by atoms with E-state index >= 15 is 0 Å². The van der Waals surface area contributed by atoms with Gasteiger partial charge in [0.15, 0.2) is 0 Å². The molecule has 1 aromatic rings. The van der Waals surface area contributed by atoms with Crippen LogP contribution in [0.3, 0.4) is 0 Å². The van der Waals surface area contributed by atoms with E-state index in [0.717, 1.165) is 19.3 Å². The molecule has 25 heavy (non-hydrogen) atoms. The number of ether oxygens (including phenoxy) is 1. The van der Waals surface area contributed by atoms with Gasteiger partial charge in [-0.15, -0.1) is 0 Å². The van der Waals surface area contributed by atoms with Crippen molar-refractivity contribution in [3.63, 3.8) is 0 Å². The highest BCUT2D eigenvalue weighted by molar-refractivity contribution is 7.89. The molecule has 0 aromatic heterocycles. The maximum atomic E-state index is 12.3. The first-order valence-corrected chi connectivity index (χ1v) is 10.0. The SMILES string of the molecule is COc1ccc(S(=O)(=O)N[C@H](C)C(=O)NCCC2=CCCCC2)cc1. The number of benzene rings is 1. The number of hydrogen-bond acceptors (Lipinski definition) is 4. The predicted molar refractivity (Wildman–Crippen MR) is 97.0 cm³/mol. The molecule has 1 aliphatic rings. The minimum atomic E-state index is -3.75. The number of hydrogen-bond donors (Lipinski definition) is 2. The Morgan fingerprint density at radius 2 is 1.96 bits per heavy atom. The summed E-state index contributed by atoms with van der Waals surface area (Å²) >= 11 is 0. The van der Waals surface area contributed by atoms with Crippen LogP contribution in [-0.2, 0) is 14.8 Å². The summed E-state index contributed by atoms with van der Waals surface area (Å²) in [6, 6.07) is 5.18. The third kappa shape index (κ3) is 5.86. The number of nitrogens with one attached hydrogen (secondary N) is 2. The highest BCUT2D eigenvalue weighted by Crippen LogP contribution is 2.19. The number of carbonyl (C=O) groups is 1. The smallest absolute Gasteiger partial charge is 0.241 e. The van der Waals surface area contributed by atoms with Crippen LogP contribution in [0.1, 0.15) is 39.0 Å². The Labute approximate surface area is 149 Å². The van der Waals surface area contributed by atoms with Crippen LogP contribution in [0.2, 0.25) is 0 Å². The van der Waals surface area contributed by atoms with Crippen LogP contribution in [0, 0.1) is 0 Å².